The van der Waals surface area contributed by atoms with E-state index in [-0.39, 0.29) is 19.0 Å². The summed E-state index contributed by atoms with van der Waals surface area (Å²) in [6.07, 6.45) is 1.79. The fourth-order valence-electron chi connectivity index (χ4n) is 3.91. The van der Waals surface area contributed by atoms with Crippen molar-refractivity contribution in [3.63, 3.8) is 0 Å². The second kappa shape index (κ2) is 8.53. The first kappa shape index (κ1) is 21.5. The zero-order chi connectivity index (χ0) is 23.1. The molecule has 3 aromatic rings. The average molecular weight is 483 g/mol. The molecule has 2 aliphatic rings. The number of ether oxygens (including phenoxy) is 3. The summed E-state index contributed by atoms with van der Waals surface area (Å²) in [5.41, 5.74) is 2.15. The molecule has 33 heavy (non-hydrogen) atoms. The third-order valence-corrected chi connectivity index (χ3v) is 6.63. The molecule has 9 heteroatoms. The second-order valence-electron chi connectivity index (χ2n) is 7.47. The van der Waals surface area contributed by atoms with Gasteiger partial charge in [0.25, 0.3) is 5.56 Å². The molecule has 2 aliphatic heterocycles. The number of fused-ring (bicyclic) bond motifs is 2. The summed E-state index contributed by atoms with van der Waals surface area (Å²) in [4.78, 5) is 31.5. The molecule has 1 atom stereocenters. The van der Waals surface area contributed by atoms with Gasteiger partial charge in [-0.05, 0) is 55.3 Å². The van der Waals surface area contributed by atoms with Crippen LogP contribution in [0.1, 0.15) is 31.0 Å². The van der Waals surface area contributed by atoms with Crippen LogP contribution in [0.15, 0.2) is 63.5 Å². The monoisotopic (exact) mass is 482 g/mol. The van der Waals surface area contributed by atoms with Crippen molar-refractivity contribution in [2.75, 3.05) is 13.4 Å². The number of allylic oxidation sites excluding steroid dienone is 1. The Morgan fingerprint density at radius 1 is 1.24 bits per heavy atom. The van der Waals surface area contributed by atoms with Gasteiger partial charge in [-0.3, -0.25) is 9.36 Å². The van der Waals surface area contributed by atoms with Crippen LogP contribution in [-0.2, 0) is 9.53 Å². The Bertz CT molecular complexity index is 1470. The van der Waals surface area contributed by atoms with Gasteiger partial charge in [0.1, 0.15) is 0 Å². The third-order valence-electron chi connectivity index (χ3n) is 5.40. The van der Waals surface area contributed by atoms with Crippen LogP contribution in [0.2, 0.25) is 5.02 Å². The van der Waals surface area contributed by atoms with Gasteiger partial charge in [-0.25, -0.2) is 9.79 Å². The van der Waals surface area contributed by atoms with E-state index >= 15 is 0 Å². The van der Waals surface area contributed by atoms with E-state index in [4.69, 9.17) is 25.8 Å². The van der Waals surface area contributed by atoms with Gasteiger partial charge in [0.05, 0.1) is 28.5 Å². The average Bonchev–Trinajstić information content (AvgIpc) is 3.37. The minimum atomic E-state index is -0.670. The van der Waals surface area contributed by atoms with E-state index in [9.17, 15) is 9.59 Å². The van der Waals surface area contributed by atoms with Crippen LogP contribution in [-0.4, -0.2) is 23.9 Å². The van der Waals surface area contributed by atoms with Gasteiger partial charge >= 0.3 is 5.97 Å². The first-order valence-electron chi connectivity index (χ1n) is 10.3. The topological polar surface area (TPSA) is 79.1 Å². The maximum atomic E-state index is 13.6. The third kappa shape index (κ3) is 3.85. The highest BCUT2D eigenvalue weighted by atomic mass is 35.5. The van der Waals surface area contributed by atoms with Gasteiger partial charge in [0, 0.05) is 5.02 Å². The number of benzene rings is 2. The Morgan fingerprint density at radius 2 is 2.00 bits per heavy atom. The molecule has 0 amide bonds. The van der Waals surface area contributed by atoms with Crippen molar-refractivity contribution >= 4 is 35.0 Å². The van der Waals surface area contributed by atoms with Crippen LogP contribution in [0, 0.1) is 0 Å². The molecule has 0 saturated heterocycles. The van der Waals surface area contributed by atoms with Gasteiger partial charge < -0.3 is 14.2 Å². The lowest BCUT2D eigenvalue weighted by Crippen LogP contribution is -2.39. The minimum absolute atomic E-state index is 0.179. The van der Waals surface area contributed by atoms with Crippen molar-refractivity contribution in [2.45, 2.75) is 19.9 Å². The highest BCUT2D eigenvalue weighted by Crippen LogP contribution is 2.33. The zero-order valence-electron chi connectivity index (χ0n) is 17.8. The standard InChI is InChI=1S/C24H19ClN2O5S/c1-3-30-23(29)20-13(2)26-24-27(21(20)15-5-7-16(25)8-6-15)22(28)19(33-24)11-14-4-9-17-18(10-14)32-12-31-17/h4-11,21H,3,12H2,1-2H3/b19-11-/t21-/m1/s1. The molecule has 0 N–H and O–H groups in total. The molecule has 0 unspecified atom stereocenters. The Balaban J connectivity index is 1.69. The van der Waals surface area contributed by atoms with Crippen LogP contribution in [0.25, 0.3) is 6.08 Å². The highest BCUT2D eigenvalue weighted by molar-refractivity contribution is 7.07. The molecule has 0 spiro atoms. The van der Waals surface area contributed by atoms with Gasteiger partial charge in [0.15, 0.2) is 16.3 Å². The second-order valence-corrected chi connectivity index (χ2v) is 8.91. The maximum absolute atomic E-state index is 13.6. The van der Waals surface area contributed by atoms with Gasteiger partial charge in [-0.2, -0.15) is 0 Å². The normalized spacial score (nSPS) is 17.1. The summed E-state index contributed by atoms with van der Waals surface area (Å²) >= 11 is 7.35. The summed E-state index contributed by atoms with van der Waals surface area (Å²) in [6, 6.07) is 11.9. The lowest BCUT2D eigenvalue weighted by atomic mass is 9.96. The summed E-state index contributed by atoms with van der Waals surface area (Å²) in [7, 11) is 0. The SMILES string of the molecule is CCOC(=O)C1=C(C)N=c2s/c(=C\c3ccc4c(c3)OCO4)c(=O)n2[C@@H]1c1ccc(Cl)cc1. The van der Waals surface area contributed by atoms with Gasteiger partial charge in [0.2, 0.25) is 6.79 Å². The summed E-state index contributed by atoms with van der Waals surface area (Å²) in [5, 5.41) is 0.562. The van der Waals surface area contributed by atoms with Crippen molar-refractivity contribution in [3.8, 4) is 11.5 Å². The van der Waals surface area contributed by atoms with Gasteiger partial charge in [-0.1, -0.05) is 41.1 Å². The number of halogens is 1. The van der Waals surface area contributed by atoms with Crippen molar-refractivity contribution in [2.24, 2.45) is 4.99 Å². The lowest BCUT2D eigenvalue weighted by molar-refractivity contribution is -0.139. The summed E-state index contributed by atoms with van der Waals surface area (Å²) < 4.78 is 18.1. The summed E-state index contributed by atoms with van der Waals surface area (Å²) in [5.74, 6) is 0.811. The number of thiazole rings is 1. The van der Waals surface area contributed by atoms with E-state index in [1.54, 1.807) is 48.8 Å². The number of nitrogens with zero attached hydrogens (tertiary/aromatic N) is 2. The van der Waals surface area contributed by atoms with Crippen LogP contribution in [0.5, 0.6) is 11.5 Å². The molecule has 0 aliphatic carbocycles. The molecule has 0 fully saturated rings. The molecule has 2 aromatic carbocycles. The van der Waals surface area contributed by atoms with Crippen molar-refractivity contribution < 1.29 is 19.0 Å². The highest BCUT2D eigenvalue weighted by Gasteiger charge is 2.33. The molecule has 7 nitrogen and oxygen atoms in total. The Labute approximate surface area is 197 Å². The molecule has 168 valence electrons. The molecule has 1 aromatic heterocycles. The van der Waals surface area contributed by atoms with Crippen molar-refractivity contribution in [1.82, 2.24) is 4.57 Å². The number of esters is 1. The fraction of sp³-hybridized carbons (Fsp3) is 0.208. The number of carbonyl (C=O) groups excluding carboxylic acids is 1. The molecule has 5 rings (SSSR count). The Hall–Kier alpha value is -3.36. The predicted molar refractivity (Wildman–Crippen MR) is 124 cm³/mol. The number of hydrogen-bond acceptors (Lipinski definition) is 7. The minimum Gasteiger partial charge on any atom is -0.463 e. The van der Waals surface area contributed by atoms with E-state index in [0.717, 1.165) is 11.1 Å². The fourth-order valence-corrected chi connectivity index (χ4v) is 5.08. The molecule has 0 radical (unpaired) electrons. The van der Waals surface area contributed by atoms with Crippen LogP contribution < -0.4 is 24.4 Å². The lowest BCUT2D eigenvalue weighted by Gasteiger charge is -2.24. The Kier molecular flexibility index (Phi) is 5.55. The van der Waals surface area contributed by atoms with Crippen LogP contribution in [0.4, 0.5) is 0 Å². The smallest absolute Gasteiger partial charge is 0.338 e. The number of carbonyl (C=O) groups is 1. The van der Waals surface area contributed by atoms with E-state index in [1.807, 2.05) is 18.2 Å². The van der Waals surface area contributed by atoms with Crippen molar-refractivity contribution in [1.29, 1.82) is 0 Å². The number of aromatic nitrogens is 1. The Morgan fingerprint density at radius 3 is 2.76 bits per heavy atom. The van der Waals surface area contributed by atoms with Crippen LogP contribution in [0.3, 0.4) is 0 Å². The largest absolute Gasteiger partial charge is 0.463 e. The molecule has 0 bridgehead atoms. The summed E-state index contributed by atoms with van der Waals surface area (Å²) in [6.45, 7) is 3.89. The first-order valence-corrected chi connectivity index (χ1v) is 11.5. The molecular weight excluding hydrogens is 464 g/mol. The van der Waals surface area contributed by atoms with E-state index < -0.39 is 12.0 Å². The molecular formula is C24H19ClN2O5S. The first-order chi connectivity index (χ1) is 16.0. The van der Waals surface area contributed by atoms with Crippen molar-refractivity contribution in [3.05, 3.63) is 89.6 Å². The zero-order valence-corrected chi connectivity index (χ0v) is 19.4. The number of rotatable bonds is 4. The number of hydrogen-bond donors (Lipinski definition) is 0. The van der Waals surface area contributed by atoms with E-state index in [0.29, 0.717) is 37.1 Å². The maximum Gasteiger partial charge on any atom is 0.338 e. The van der Waals surface area contributed by atoms with Gasteiger partial charge in [-0.15, -0.1) is 0 Å². The van der Waals surface area contributed by atoms with E-state index in [2.05, 4.69) is 4.99 Å². The van der Waals surface area contributed by atoms with Crippen LogP contribution >= 0.6 is 22.9 Å². The molecule has 3 heterocycles. The quantitative estimate of drug-likeness (QED) is 0.534. The predicted octanol–water partition coefficient (Wildman–Crippen LogP) is 3.18. The molecule has 0 saturated carbocycles. The van der Waals surface area contributed by atoms with E-state index in [1.165, 1.54) is 11.3 Å².